The van der Waals surface area contributed by atoms with E-state index in [1.54, 1.807) is 18.5 Å². The van der Waals surface area contributed by atoms with Gasteiger partial charge in [-0.3, -0.25) is 10.1 Å². The number of benzene rings is 2. The molecule has 0 saturated carbocycles. The number of aromatic amines is 1. The van der Waals surface area contributed by atoms with E-state index in [1.165, 1.54) is 0 Å². The van der Waals surface area contributed by atoms with Gasteiger partial charge in [-0.25, -0.2) is 4.98 Å². The second-order valence-corrected chi connectivity index (χ2v) is 6.45. The maximum atomic E-state index is 9.45. The second-order valence-electron chi connectivity index (χ2n) is 6.45. The van der Waals surface area contributed by atoms with Gasteiger partial charge in [-0.2, -0.15) is 5.10 Å². The van der Waals surface area contributed by atoms with Crippen molar-refractivity contribution in [2.45, 2.75) is 19.8 Å². The zero-order valence-electron chi connectivity index (χ0n) is 15.7. The highest BCUT2D eigenvalue weighted by molar-refractivity contribution is 5.58. The molecule has 0 aliphatic rings. The molecule has 29 heavy (non-hydrogen) atoms. The van der Waals surface area contributed by atoms with Crippen molar-refractivity contribution in [1.82, 2.24) is 20.2 Å². The highest BCUT2D eigenvalue weighted by Gasteiger charge is 2.10. The fourth-order valence-corrected chi connectivity index (χ4v) is 2.89. The van der Waals surface area contributed by atoms with Crippen molar-refractivity contribution in [1.29, 1.82) is 0 Å². The summed E-state index contributed by atoms with van der Waals surface area (Å²) in [5.74, 6) is 2.02. The van der Waals surface area contributed by atoms with Crippen LogP contribution in [0.1, 0.15) is 17.0 Å². The molecular formula is C22H21N5O2. The SMILES string of the molecule is OCc1cnccc1-c1n[nH]c(CNc2cccc(OCc3ccccc3)c2)n1. The van der Waals surface area contributed by atoms with Crippen LogP contribution in [-0.2, 0) is 19.8 Å². The summed E-state index contributed by atoms with van der Waals surface area (Å²) in [6, 6.07) is 19.6. The third-order valence-corrected chi connectivity index (χ3v) is 4.39. The van der Waals surface area contributed by atoms with Crippen LogP contribution in [0.4, 0.5) is 5.69 Å². The van der Waals surface area contributed by atoms with Crippen LogP contribution in [0, 0.1) is 0 Å². The van der Waals surface area contributed by atoms with E-state index in [0.29, 0.717) is 30.4 Å². The van der Waals surface area contributed by atoms with Crippen LogP contribution in [-0.4, -0.2) is 25.3 Å². The van der Waals surface area contributed by atoms with Crippen LogP contribution in [0.15, 0.2) is 73.1 Å². The predicted molar refractivity (Wildman–Crippen MR) is 110 cm³/mol. The zero-order chi connectivity index (χ0) is 19.9. The van der Waals surface area contributed by atoms with E-state index in [9.17, 15) is 5.11 Å². The highest BCUT2D eigenvalue weighted by atomic mass is 16.5. The minimum Gasteiger partial charge on any atom is -0.489 e. The maximum Gasteiger partial charge on any atom is 0.181 e. The molecule has 4 rings (SSSR count). The molecule has 0 fully saturated rings. The van der Waals surface area contributed by atoms with Crippen molar-refractivity contribution in [3.8, 4) is 17.1 Å². The Balaban J connectivity index is 1.38. The third-order valence-electron chi connectivity index (χ3n) is 4.39. The summed E-state index contributed by atoms with van der Waals surface area (Å²) in [6.07, 6.45) is 3.27. The quantitative estimate of drug-likeness (QED) is 0.428. The van der Waals surface area contributed by atoms with E-state index in [1.807, 2.05) is 54.6 Å². The number of aliphatic hydroxyl groups is 1. The number of ether oxygens (including phenoxy) is 1. The number of pyridine rings is 1. The van der Waals surface area contributed by atoms with E-state index in [2.05, 4.69) is 25.5 Å². The number of rotatable bonds is 8. The minimum atomic E-state index is -0.110. The molecule has 0 aliphatic carbocycles. The molecule has 7 heteroatoms. The lowest BCUT2D eigenvalue weighted by molar-refractivity contribution is 0.282. The molecular weight excluding hydrogens is 366 g/mol. The molecule has 2 aromatic heterocycles. The summed E-state index contributed by atoms with van der Waals surface area (Å²) in [4.78, 5) is 8.52. The molecule has 2 heterocycles. The lowest BCUT2D eigenvalue weighted by Crippen LogP contribution is -2.02. The Morgan fingerprint density at radius 3 is 2.79 bits per heavy atom. The predicted octanol–water partition coefficient (Wildman–Crippen LogP) is 3.55. The van der Waals surface area contributed by atoms with E-state index in [4.69, 9.17) is 4.74 Å². The summed E-state index contributed by atoms with van der Waals surface area (Å²) in [6.45, 7) is 0.893. The summed E-state index contributed by atoms with van der Waals surface area (Å²) in [7, 11) is 0. The number of anilines is 1. The molecule has 7 nitrogen and oxygen atoms in total. The summed E-state index contributed by atoms with van der Waals surface area (Å²) in [5.41, 5.74) is 3.50. The van der Waals surface area contributed by atoms with Gasteiger partial charge in [0.2, 0.25) is 0 Å². The second kappa shape index (κ2) is 8.99. The Morgan fingerprint density at radius 1 is 1.03 bits per heavy atom. The molecule has 0 saturated heterocycles. The highest BCUT2D eigenvalue weighted by Crippen LogP contribution is 2.21. The van der Waals surface area contributed by atoms with Crippen molar-refractivity contribution in [3.63, 3.8) is 0 Å². The number of aromatic nitrogens is 4. The Labute approximate surface area is 168 Å². The van der Waals surface area contributed by atoms with Gasteiger partial charge in [0.25, 0.3) is 0 Å². The maximum absolute atomic E-state index is 9.45. The number of nitrogens with zero attached hydrogens (tertiary/aromatic N) is 3. The van der Waals surface area contributed by atoms with E-state index < -0.39 is 0 Å². The van der Waals surface area contributed by atoms with Gasteiger partial charge in [0.15, 0.2) is 5.82 Å². The van der Waals surface area contributed by atoms with E-state index >= 15 is 0 Å². The number of nitrogens with one attached hydrogen (secondary N) is 2. The van der Waals surface area contributed by atoms with Gasteiger partial charge in [0.1, 0.15) is 18.2 Å². The van der Waals surface area contributed by atoms with Crippen molar-refractivity contribution in [2.75, 3.05) is 5.32 Å². The normalized spacial score (nSPS) is 10.7. The van der Waals surface area contributed by atoms with Crippen molar-refractivity contribution >= 4 is 5.69 Å². The first kappa shape index (κ1) is 18.6. The first-order chi connectivity index (χ1) is 14.3. The number of hydrogen-bond donors (Lipinski definition) is 3. The van der Waals surface area contributed by atoms with Gasteiger partial charge in [-0.05, 0) is 23.8 Å². The molecule has 0 bridgehead atoms. The van der Waals surface area contributed by atoms with Gasteiger partial charge >= 0.3 is 0 Å². The van der Waals surface area contributed by atoms with Crippen LogP contribution in [0.3, 0.4) is 0 Å². The van der Waals surface area contributed by atoms with Crippen molar-refractivity contribution < 1.29 is 9.84 Å². The van der Waals surface area contributed by atoms with Crippen LogP contribution in [0.5, 0.6) is 5.75 Å². The Kier molecular flexibility index (Phi) is 5.78. The monoisotopic (exact) mass is 387 g/mol. The molecule has 0 spiro atoms. The molecule has 2 aromatic carbocycles. The van der Waals surface area contributed by atoms with Gasteiger partial charge < -0.3 is 15.2 Å². The molecule has 0 unspecified atom stereocenters. The Hall–Kier alpha value is -3.71. The molecule has 146 valence electrons. The summed E-state index contributed by atoms with van der Waals surface area (Å²) in [5, 5.41) is 19.9. The van der Waals surface area contributed by atoms with Crippen molar-refractivity contribution in [3.05, 3.63) is 90.0 Å². The van der Waals surface area contributed by atoms with Crippen LogP contribution >= 0.6 is 0 Å². The fourth-order valence-electron chi connectivity index (χ4n) is 2.89. The lowest BCUT2D eigenvalue weighted by Gasteiger charge is -2.09. The fraction of sp³-hybridized carbons (Fsp3) is 0.136. The molecule has 4 aromatic rings. The zero-order valence-corrected chi connectivity index (χ0v) is 15.7. The standard InChI is InChI=1S/C22H21N5O2/c28-14-17-12-23-10-9-20(17)22-25-21(26-27-22)13-24-18-7-4-8-19(11-18)29-15-16-5-2-1-3-6-16/h1-12,24,28H,13-15H2,(H,25,26,27). The van der Waals surface area contributed by atoms with Crippen LogP contribution < -0.4 is 10.1 Å². The van der Waals surface area contributed by atoms with Gasteiger partial charge in [0.05, 0.1) is 13.2 Å². The van der Waals surface area contributed by atoms with Crippen LogP contribution in [0.2, 0.25) is 0 Å². The first-order valence-electron chi connectivity index (χ1n) is 9.28. The Bertz CT molecular complexity index is 1070. The molecule has 0 amide bonds. The smallest absolute Gasteiger partial charge is 0.181 e. The topological polar surface area (TPSA) is 96.0 Å². The lowest BCUT2D eigenvalue weighted by atomic mass is 10.1. The molecule has 0 atom stereocenters. The number of aliphatic hydroxyl groups excluding tert-OH is 1. The largest absolute Gasteiger partial charge is 0.489 e. The average molecular weight is 387 g/mol. The van der Waals surface area contributed by atoms with Gasteiger partial charge in [-0.1, -0.05) is 36.4 Å². The third kappa shape index (κ3) is 4.77. The van der Waals surface area contributed by atoms with E-state index in [-0.39, 0.29) is 6.61 Å². The van der Waals surface area contributed by atoms with Crippen LogP contribution in [0.25, 0.3) is 11.4 Å². The molecule has 0 aliphatic heterocycles. The number of hydrogen-bond acceptors (Lipinski definition) is 6. The van der Waals surface area contributed by atoms with Crippen molar-refractivity contribution in [2.24, 2.45) is 0 Å². The first-order valence-corrected chi connectivity index (χ1v) is 9.28. The molecule has 0 radical (unpaired) electrons. The Morgan fingerprint density at radius 2 is 1.93 bits per heavy atom. The summed E-state index contributed by atoms with van der Waals surface area (Å²) >= 11 is 0. The van der Waals surface area contributed by atoms with Gasteiger partial charge in [-0.15, -0.1) is 0 Å². The summed E-state index contributed by atoms with van der Waals surface area (Å²) < 4.78 is 5.87. The molecule has 3 N–H and O–H groups in total. The van der Waals surface area contributed by atoms with E-state index in [0.717, 1.165) is 22.6 Å². The minimum absolute atomic E-state index is 0.110. The van der Waals surface area contributed by atoms with Gasteiger partial charge in [0, 0.05) is 35.3 Å². The number of H-pyrrole nitrogens is 1. The average Bonchev–Trinajstić information content (AvgIpc) is 3.26.